The summed E-state index contributed by atoms with van der Waals surface area (Å²) in [5.41, 5.74) is 1.37. The summed E-state index contributed by atoms with van der Waals surface area (Å²) in [6.45, 7) is 3.46. The van der Waals surface area contributed by atoms with Gasteiger partial charge in [-0.05, 0) is 74.1 Å². The fourth-order valence-electron chi connectivity index (χ4n) is 3.24. The van der Waals surface area contributed by atoms with Crippen molar-refractivity contribution in [2.24, 2.45) is 17.8 Å². The normalized spacial score (nSPS) is 20.8. The minimum atomic E-state index is 0.484. The first-order chi connectivity index (χ1) is 9.28. The Morgan fingerprint density at radius 2 is 1.68 bits per heavy atom. The molecule has 1 unspecified atom stereocenters. The Hall–Kier alpha value is -0.530. The molecule has 2 heteroatoms. The average molecular weight is 278 g/mol. The van der Waals surface area contributed by atoms with Crippen LogP contribution in [0.1, 0.15) is 50.6 Å². The number of nitrogens with one attached hydrogen (secondary N) is 1. The van der Waals surface area contributed by atoms with E-state index in [2.05, 4.69) is 24.4 Å². The molecule has 1 N–H and O–H groups in total. The summed E-state index contributed by atoms with van der Waals surface area (Å²) in [7, 11) is 0. The molecule has 1 aromatic carbocycles. The van der Waals surface area contributed by atoms with Crippen LogP contribution in [0, 0.1) is 17.8 Å². The van der Waals surface area contributed by atoms with Crippen LogP contribution in [0.2, 0.25) is 5.02 Å². The molecule has 2 saturated carbocycles. The molecule has 0 bridgehead atoms. The molecular formula is C17H24ClN. The van der Waals surface area contributed by atoms with E-state index in [1.54, 1.807) is 0 Å². The van der Waals surface area contributed by atoms with Crippen LogP contribution in [0.4, 0.5) is 0 Å². The lowest BCUT2D eigenvalue weighted by atomic mass is 9.96. The van der Waals surface area contributed by atoms with E-state index in [9.17, 15) is 0 Å². The first kappa shape index (κ1) is 13.5. The summed E-state index contributed by atoms with van der Waals surface area (Å²) < 4.78 is 0. The molecule has 0 spiro atoms. The van der Waals surface area contributed by atoms with E-state index in [4.69, 9.17) is 11.6 Å². The molecule has 2 aliphatic carbocycles. The Morgan fingerprint density at radius 1 is 1.11 bits per heavy atom. The summed E-state index contributed by atoms with van der Waals surface area (Å²) >= 11 is 5.97. The van der Waals surface area contributed by atoms with Gasteiger partial charge in [0.1, 0.15) is 0 Å². The van der Waals surface area contributed by atoms with Gasteiger partial charge in [-0.1, -0.05) is 30.7 Å². The Morgan fingerprint density at radius 3 is 2.16 bits per heavy atom. The van der Waals surface area contributed by atoms with E-state index in [-0.39, 0.29) is 0 Å². The van der Waals surface area contributed by atoms with Crippen LogP contribution in [0.3, 0.4) is 0 Å². The maximum Gasteiger partial charge on any atom is 0.0406 e. The highest BCUT2D eigenvalue weighted by atomic mass is 35.5. The first-order valence-electron chi connectivity index (χ1n) is 7.76. The number of benzene rings is 1. The molecule has 19 heavy (non-hydrogen) atoms. The molecular weight excluding hydrogens is 254 g/mol. The van der Waals surface area contributed by atoms with Crippen LogP contribution in [0.15, 0.2) is 24.3 Å². The smallest absolute Gasteiger partial charge is 0.0406 e. The van der Waals surface area contributed by atoms with Crippen molar-refractivity contribution >= 4 is 11.6 Å². The third-order valence-corrected chi connectivity index (χ3v) is 4.99. The van der Waals surface area contributed by atoms with Gasteiger partial charge in [0.15, 0.2) is 0 Å². The maximum absolute atomic E-state index is 5.97. The Labute approximate surface area is 121 Å². The lowest BCUT2D eigenvalue weighted by molar-refractivity contribution is 0.353. The molecule has 0 heterocycles. The van der Waals surface area contributed by atoms with Crippen molar-refractivity contribution in [2.45, 2.75) is 45.1 Å². The predicted octanol–water partition coefficient (Wildman–Crippen LogP) is 4.82. The summed E-state index contributed by atoms with van der Waals surface area (Å²) in [6, 6.07) is 8.80. The number of hydrogen-bond acceptors (Lipinski definition) is 1. The number of rotatable bonds is 7. The Bertz CT molecular complexity index is 394. The lowest BCUT2D eigenvalue weighted by Gasteiger charge is -2.22. The molecule has 1 aromatic rings. The van der Waals surface area contributed by atoms with Gasteiger partial charge >= 0.3 is 0 Å². The molecule has 104 valence electrons. The fourth-order valence-corrected chi connectivity index (χ4v) is 3.36. The summed E-state index contributed by atoms with van der Waals surface area (Å²) in [5, 5.41) is 4.63. The highest BCUT2D eigenvalue weighted by Gasteiger charge is 2.41. The second-order valence-electron chi connectivity index (χ2n) is 6.26. The maximum atomic E-state index is 5.97. The van der Waals surface area contributed by atoms with E-state index in [1.165, 1.54) is 37.8 Å². The van der Waals surface area contributed by atoms with Gasteiger partial charge < -0.3 is 5.32 Å². The van der Waals surface area contributed by atoms with Gasteiger partial charge in [0.25, 0.3) is 0 Å². The average Bonchev–Trinajstić information content (AvgIpc) is 3.28. The summed E-state index contributed by atoms with van der Waals surface area (Å²) in [6.07, 6.45) is 7.03. The van der Waals surface area contributed by atoms with E-state index in [1.807, 2.05) is 12.1 Å². The third kappa shape index (κ3) is 3.52. The molecule has 1 nitrogen and oxygen atoms in total. The van der Waals surface area contributed by atoms with E-state index in [0.29, 0.717) is 6.04 Å². The minimum Gasteiger partial charge on any atom is -0.310 e. The largest absolute Gasteiger partial charge is 0.310 e. The number of halogens is 1. The molecule has 0 aliphatic heterocycles. The Kier molecular flexibility index (Phi) is 4.14. The van der Waals surface area contributed by atoms with Crippen LogP contribution in [0.25, 0.3) is 0 Å². The zero-order chi connectivity index (χ0) is 13.2. The third-order valence-electron chi connectivity index (χ3n) is 4.74. The van der Waals surface area contributed by atoms with Crippen LogP contribution >= 0.6 is 11.6 Å². The molecule has 0 saturated heterocycles. The van der Waals surface area contributed by atoms with Gasteiger partial charge in [0, 0.05) is 11.1 Å². The van der Waals surface area contributed by atoms with Crippen molar-refractivity contribution < 1.29 is 0 Å². The van der Waals surface area contributed by atoms with Crippen LogP contribution in [-0.4, -0.2) is 6.54 Å². The highest BCUT2D eigenvalue weighted by Crippen LogP contribution is 2.49. The zero-order valence-electron chi connectivity index (χ0n) is 11.7. The van der Waals surface area contributed by atoms with Crippen LogP contribution in [0.5, 0.6) is 0 Å². The molecule has 2 aliphatic rings. The molecule has 3 rings (SSSR count). The standard InChI is InChI=1S/C17H24ClN/c1-2-17(14-7-9-15(18)10-8-14)19-11-16(12-3-4-12)13-5-6-13/h7-10,12-13,16-17,19H,2-6,11H2,1H3. The summed E-state index contributed by atoms with van der Waals surface area (Å²) in [4.78, 5) is 0. The van der Waals surface area contributed by atoms with Gasteiger partial charge in [-0.25, -0.2) is 0 Å². The van der Waals surface area contributed by atoms with Crippen molar-refractivity contribution in [2.75, 3.05) is 6.54 Å². The van der Waals surface area contributed by atoms with Crippen molar-refractivity contribution in [3.05, 3.63) is 34.9 Å². The second-order valence-corrected chi connectivity index (χ2v) is 6.70. The van der Waals surface area contributed by atoms with E-state index in [0.717, 1.165) is 29.2 Å². The summed E-state index contributed by atoms with van der Waals surface area (Å²) in [5.74, 6) is 3.01. The highest BCUT2D eigenvalue weighted by molar-refractivity contribution is 6.30. The topological polar surface area (TPSA) is 12.0 Å². The van der Waals surface area contributed by atoms with Crippen molar-refractivity contribution in [1.29, 1.82) is 0 Å². The molecule has 2 fully saturated rings. The van der Waals surface area contributed by atoms with Crippen molar-refractivity contribution in [3.8, 4) is 0 Å². The van der Waals surface area contributed by atoms with Gasteiger partial charge in [-0.2, -0.15) is 0 Å². The van der Waals surface area contributed by atoms with Crippen LogP contribution < -0.4 is 5.32 Å². The second kappa shape index (κ2) is 5.85. The molecule has 1 atom stereocenters. The van der Waals surface area contributed by atoms with Crippen molar-refractivity contribution in [3.63, 3.8) is 0 Å². The van der Waals surface area contributed by atoms with Gasteiger partial charge in [0.05, 0.1) is 0 Å². The van der Waals surface area contributed by atoms with Crippen LogP contribution in [-0.2, 0) is 0 Å². The SMILES string of the molecule is CCC(NCC(C1CC1)C1CC1)c1ccc(Cl)cc1. The zero-order valence-corrected chi connectivity index (χ0v) is 12.5. The first-order valence-corrected chi connectivity index (χ1v) is 8.14. The predicted molar refractivity (Wildman–Crippen MR) is 81.4 cm³/mol. The van der Waals surface area contributed by atoms with Gasteiger partial charge in [0.2, 0.25) is 0 Å². The Balaban J connectivity index is 1.58. The molecule has 0 aromatic heterocycles. The minimum absolute atomic E-state index is 0.484. The fraction of sp³-hybridized carbons (Fsp3) is 0.647. The van der Waals surface area contributed by atoms with Crippen molar-refractivity contribution in [1.82, 2.24) is 5.32 Å². The van der Waals surface area contributed by atoms with E-state index >= 15 is 0 Å². The van der Waals surface area contributed by atoms with Gasteiger partial charge in [-0.15, -0.1) is 0 Å². The molecule has 0 radical (unpaired) electrons. The lowest BCUT2D eigenvalue weighted by Crippen LogP contribution is -2.29. The van der Waals surface area contributed by atoms with E-state index < -0.39 is 0 Å². The molecule has 0 amide bonds. The monoisotopic (exact) mass is 277 g/mol. The number of hydrogen-bond donors (Lipinski definition) is 1. The van der Waals surface area contributed by atoms with Gasteiger partial charge in [-0.3, -0.25) is 0 Å². The quantitative estimate of drug-likeness (QED) is 0.754.